The molecular formula is C16H24ClNO2. The maximum atomic E-state index is 5.92. The molecule has 1 aromatic carbocycles. The highest BCUT2D eigenvalue weighted by molar-refractivity contribution is 6.30. The second-order valence-corrected chi connectivity index (χ2v) is 5.97. The number of hydrogen-bond donors (Lipinski definition) is 0. The van der Waals surface area contributed by atoms with Crippen molar-refractivity contribution < 1.29 is 9.47 Å². The molecule has 0 radical (unpaired) electrons. The smallest absolute Gasteiger partial charge is 0.120 e. The number of ether oxygens (including phenoxy) is 2. The van der Waals surface area contributed by atoms with Gasteiger partial charge in [-0.2, -0.15) is 0 Å². The first kappa shape index (κ1) is 15.6. The SMILES string of the molecule is C[C@@H]1CN(CCCCOc2cccc(Cl)c2)C[C@@H](C)O1. The van der Waals surface area contributed by atoms with Gasteiger partial charge in [-0.3, -0.25) is 4.90 Å². The molecule has 2 rings (SSSR count). The van der Waals surface area contributed by atoms with Gasteiger partial charge in [-0.25, -0.2) is 0 Å². The van der Waals surface area contributed by atoms with Crippen molar-refractivity contribution in [1.82, 2.24) is 4.90 Å². The van der Waals surface area contributed by atoms with Crippen LogP contribution < -0.4 is 4.74 Å². The molecule has 0 unspecified atom stereocenters. The van der Waals surface area contributed by atoms with E-state index in [2.05, 4.69) is 18.7 Å². The van der Waals surface area contributed by atoms with E-state index in [1.54, 1.807) is 0 Å². The summed E-state index contributed by atoms with van der Waals surface area (Å²) in [5.41, 5.74) is 0. The van der Waals surface area contributed by atoms with Crippen molar-refractivity contribution in [2.75, 3.05) is 26.2 Å². The largest absolute Gasteiger partial charge is 0.494 e. The molecule has 0 aliphatic carbocycles. The van der Waals surface area contributed by atoms with Crippen molar-refractivity contribution in [3.8, 4) is 5.75 Å². The van der Waals surface area contributed by atoms with Crippen molar-refractivity contribution >= 4 is 11.6 Å². The van der Waals surface area contributed by atoms with Crippen LogP contribution in [0.4, 0.5) is 0 Å². The molecule has 0 spiro atoms. The highest BCUT2D eigenvalue weighted by Crippen LogP contribution is 2.17. The van der Waals surface area contributed by atoms with Crippen LogP contribution in [0.5, 0.6) is 5.75 Å². The standard InChI is InChI=1S/C16H24ClNO2/c1-13-11-18(12-14(2)20-13)8-3-4-9-19-16-7-5-6-15(17)10-16/h5-7,10,13-14H,3-4,8-9,11-12H2,1-2H3/t13-,14-/m1/s1. The summed E-state index contributed by atoms with van der Waals surface area (Å²) in [5.74, 6) is 0.853. The van der Waals surface area contributed by atoms with Crippen molar-refractivity contribution in [3.05, 3.63) is 29.3 Å². The average molecular weight is 298 g/mol. The molecule has 1 aliphatic heterocycles. The molecule has 0 N–H and O–H groups in total. The molecule has 2 atom stereocenters. The van der Waals surface area contributed by atoms with Gasteiger partial charge in [0.05, 0.1) is 18.8 Å². The highest BCUT2D eigenvalue weighted by Gasteiger charge is 2.21. The second-order valence-electron chi connectivity index (χ2n) is 5.53. The maximum absolute atomic E-state index is 5.92. The predicted octanol–water partition coefficient (Wildman–Crippen LogP) is 3.61. The summed E-state index contributed by atoms with van der Waals surface area (Å²) >= 11 is 5.92. The summed E-state index contributed by atoms with van der Waals surface area (Å²) in [5, 5.41) is 0.721. The molecule has 0 aromatic heterocycles. The van der Waals surface area contributed by atoms with Crippen LogP contribution in [0.1, 0.15) is 26.7 Å². The minimum absolute atomic E-state index is 0.349. The van der Waals surface area contributed by atoms with Crippen LogP contribution in [0.3, 0.4) is 0 Å². The monoisotopic (exact) mass is 297 g/mol. The van der Waals surface area contributed by atoms with Crippen LogP contribution in [0.15, 0.2) is 24.3 Å². The van der Waals surface area contributed by atoms with Gasteiger partial charge in [0, 0.05) is 18.1 Å². The first-order valence-corrected chi connectivity index (χ1v) is 7.77. The quantitative estimate of drug-likeness (QED) is 0.749. The van der Waals surface area contributed by atoms with E-state index in [0.717, 1.165) is 49.9 Å². The zero-order chi connectivity index (χ0) is 14.4. The number of morpholine rings is 1. The Morgan fingerprint density at radius 3 is 2.70 bits per heavy atom. The lowest BCUT2D eigenvalue weighted by Gasteiger charge is -2.35. The van der Waals surface area contributed by atoms with Crippen LogP contribution in [0, 0.1) is 0 Å². The van der Waals surface area contributed by atoms with Gasteiger partial charge in [0.25, 0.3) is 0 Å². The van der Waals surface area contributed by atoms with Gasteiger partial charge in [0.1, 0.15) is 5.75 Å². The molecule has 3 nitrogen and oxygen atoms in total. The molecule has 0 bridgehead atoms. The molecule has 1 aliphatic rings. The van der Waals surface area contributed by atoms with Crippen LogP contribution >= 0.6 is 11.6 Å². The lowest BCUT2D eigenvalue weighted by atomic mass is 10.2. The van der Waals surface area contributed by atoms with Crippen molar-refractivity contribution in [2.24, 2.45) is 0 Å². The van der Waals surface area contributed by atoms with Crippen molar-refractivity contribution in [2.45, 2.75) is 38.9 Å². The Kier molecular flexibility index (Phi) is 6.14. The number of benzene rings is 1. The van der Waals surface area contributed by atoms with Gasteiger partial charge in [-0.1, -0.05) is 17.7 Å². The van der Waals surface area contributed by atoms with Crippen molar-refractivity contribution in [3.63, 3.8) is 0 Å². The zero-order valence-electron chi connectivity index (χ0n) is 12.3. The fraction of sp³-hybridized carbons (Fsp3) is 0.625. The van der Waals surface area contributed by atoms with E-state index in [4.69, 9.17) is 21.1 Å². The summed E-state index contributed by atoms with van der Waals surface area (Å²) in [6.45, 7) is 8.24. The third-order valence-corrected chi connectivity index (χ3v) is 3.66. The van der Waals surface area contributed by atoms with E-state index < -0.39 is 0 Å². The Hall–Kier alpha value is -0.770. The Morgan fingerprint density at radius 1 is 1.25 bits per heavy atom. The van der Waals surface area contributed by atoms with Gasteiger partial charge >= 0.3 is 0 Å². The number of unbranched alkanes of at least 4 members (excludes halogenated alkanes) is 1. The van der Waals surface area contributed by atoms with Gasteiger partial charge in [0.2, 0.25) is 0 Å². The molecule has 0 saturated carbocycles. The molecule has 1 saturated heterocycles. The Balaban J connectivity index is 1.59. The lowest BCUT2D eigenvalue weighted by Crippen LogP contribution is -2.45. The number of halogens is 1. The molecule has 1 fully saturated rings. The van der Waals surface area contributed by atoms with Crippen LogP contribution in [-0.2, 0) is 4.74 Å². The molecule has 1 heterocycles. The first-order valence-electron chi connectivity index (χ1n) is 7.39. The van der Waals surface area contributed by atoms with Crippen LogP contribution in [0.25, 0.3) is 0 Å². The molecule has 4 heteroatoms. The van der Waals surface area contributed by atoms with Crippen LogP contribution in [-0.4, -0.2) is 43.3 Å². The van der Waals surface area contributed by atoms with E-state index in [1.165, 1.54) is 0 Å². The van der Waals surface area contributed by atoms with E-state index in [-0.39, 0.29) is 0 Å². The summed E-state index contributed by atoms with van der Waals surface area (Å²) in [7, 11) is 0. The molecule has 112 valence electrons. The maximum Gasteiger partial charge on any atom is 0.120 e. The summed E-state index contributed by atoms with van der Waals surface area (Å²) < 4.78 is 11.4. The number of rotatable bonds is 6. The van der Waals surface area contributed by atoms with Gasteiger partial charge in [-0.15, -0.1) is 0 Å². The predicted molar refractivity (Wildman–Crippen MR) is 82.6 cm³/mol. The van der Waals surface area contributed by atoms with Gasteiger partial charge in [0.15, 0.2) is 0 Å². The van der Waals surface area contributed by atoms with Crippen LogP contribution in [0.2, 0.25) is 5.02 Å². The van der Waals surface area contributed by atoms with Gasteiger partial charge in [-0.05, 0) is 51.4 Å². The Morgan fingerprint density at radius 2 is 2.00 bits per heavy atom. The topological polar surface area (TPSA) is 21.7 Å². The third kappa shape index (κ3) is 5.31. The third-order valence-electron chi connectivity index (χ3n) is 3.43. The fourth-order valence-corrected chi connectivity index (χ4v) is 2.83. The average Bonchev–Trinajstić information content (AvgIpc) is 2.37. The zero-order valence-corrected chi connectivity index (χ0v) is 13.1. The van der Waals surface area contributed by atoms with E-state index in [9.17, 15) is 0 Å². The lowest BCUT2D eigenvalue weighted by molar-refractivity contribution is -0.0682. The molecule has 20 heavy (non-hydrogen) atoms. The van der Waals surface area contributed by atoms with Gasteiger partial charge < -0.3 is 9.47 Å². The molecule has 0 amide bonds. The normalized spacial score (nSPS) is 23.8. The summed E-state index contributed by atoms with van der Waals surface area (Å²) in [6.07, 6.45) is 2.91. The first-order chi connectivity index (χ1) is 9.63. The fourth-order valence-electron chi connectivity index (χ4n) is 2.65. The molecule has 1 aromatic rings. The summed E-state index contributed by atoms with van der Waals surface area (Å²) in [6, 6.07) is 7.56. The second kappa shape index (κ2) is 7.87. The van der Waals surface area contributed by atoms with E-state index in [1.807, 2.05) is 24.3 Å². The van der Waals surface area contributed by atoms with Crippen molar-refractivity contribution in [1.29, 1.82) is 0 Å². The van der Waals surface area contributed by atoms with E-state index in [0.29, 0.717) is 12.2 Å². The summed E-state index contributed by atoms with van der Waals surface area (Å²) in [4.78, 5) is 2.48. The minimum Gasteiger partial charge on any atom is -0.494 e. The highest BCUT2D eigenvalue weighted by atomic mass is 35.5. The Bertz CT molecular complexity index is 403. The minimum atomic E-state index is 0.349. The number of nitrogens with zero attached hydrogens (tertiary/aromatic N) is 1. The Labute approximate surface area is 126 Å². The number of hydrogen-bond acceptors (Lipinski definition) is 3. The molecular weight excluding hydrogens is 274 g/mol. The van der Waals surface area contributed by atoms with E-state index >= 15 is 0 Å².